The van der Waals surface area contributed by atoms with Crippen LogP contribution >= 0.6 is 0 Å². The topological polar surface area (TPSA) is 224 Å². The third-order valence-corrected chi connectivity index (χ3v) is 15.2. The van der Waals surface area contributed by atoms with Gasteiger partial charge in [0.05, 0.1) is 149 Å². The molecule has 0 radical (unpaired) electrons. The molecule has 0 unspecified atom stereocenters. The van der Waals surface area contributed by atoms with Crippen molar-refractivity contribution in [2.45, 2.75) is 12.4 Å². The molecule has 0 amide bonds. The van der Waals surface area contributed by atoms with E-state index in [1.165, 1.54) is 36.4 Å². The normalized spacial score (nSPS) is 11.2. The summed E-state index contributed by atoms with van der Waals surface area (Å²) in [4.78, 5) is 0. The lowest BCUT2D eigenvalue weighted by Crippen LogP contribution is -2.12. The standard InChI is InChI=1S/C71H29F6N11/c72-70(73,74)57-23-56(24-58(29-57)71(75,76)77)69-67(87-63-25-48(52-13-39(30-78)9-40(14-52)31-79)1-5-59(63)60-6-2-49(26-64(60)87)53-15-41(32-80)10-42(16-53)33-81)21-47(38-86)22-68(69)88-65-27-50(54-17-43(34-82)11-44(18-54)35-83)3-7-61(65)62-8-4-51(28-66(62)88)55-19-45(36-84)12-46(20-55)37-85/h1-29H. The van der Waals surface area contributed by atoms with E-state index in [4.69, 9.17) is 0 Å². The van der Waals surface area contributed by atoms with Crippen molar-refractivity contribution in [1.29, 1.82) is 47.4 Å². The lowest BCUT2D eigenvalue weighted by atomic mass is 9.94. The van der Waals surface area contributed by atoms with Gasteiger partial charge in [0.1, 0.15) is 0 Å². The molecule has 11 nitrogen and oxygen atoms in total. The minimum absolute atomic E-state index is 0.00985. The molecule has 2 aromatic heterocycles. The molecule has 0 saturated carbocycles. The summed E-state index contributed by atoms with van der Waals surface area (Å²) < 4.78 is 95.7. The molecular weight excluding hydrogens is 1120 g/mol. The van der Waals surface area contributed by atoms with Crippen LogP contribution in [0.3, 0.4) is 0 Å². The van der Waals surface area contributed by atoms with Gasteiger partial charge in [-0.1, -0.05) is 48.5 Å². The summed E-state index contributed by atoms with van der Waals surface area (Å²) in [6.45, 7) is 0. The van der Waals surface area contributed by atoms with Gasteiger partial charge in [-0.05, 0) is 177 Å². The highest BCUT2D eigenvalue weighted by atomic mass is 19.4. The second-order valence-electron chi connectivity index (χ2n) is 20.5. The number of benzene rings is 10. The van der Waals surface area contributed by atoms with Crippen molar-refractivity contribution in [1.82, 2.24) is 9.13 Å². The maximum Gasteiger partial charge on any atom is 0.416 e. The van der Waals surface area contributed by atoms with Crippen LogP contribution in [0.4, 0.5) is 26.3 Å². The molecule has 0 aliphatic carbocycles. The molecule has 0 aliphatic heterocycles. The van der Waals surface area contributed by atoms with E-state index >= 15 is 26.3 Å². The third kappa shape index (κ3) is 9.69. The van der Waals surface area contributed by atoms with E-state index in [2.05, 4.69) is 54.6 Å². The van der Waals surface area contributed by atoms with Crippen molar-refractivity contribution in [2.24, 2.45) is 0 Å². The van der Waals surface area contributed by atoms with Gasteiger partial charge in [-0.15, -0.1) is 0 Å². The predicted molar refractivity (Wildman–Crippen MR) is 315 cm³/mol. The first kappa shape index (κ1) is 55.3. The van der Waals surface area contributed by atoms with Gasteiger partial charge in [0.25, 0.3) is 0 Å². The number of hydrogen-bond donors (Lipinski definition) is 0. The molecule has 0 fully saturated rings. The van der Waals surface area contributed by atoms with Crippen LogP contribution in [-0.2, 0) is 12.4 Å². The lowest BCUT2D eigenvalue weighted by Gasteiger charge is -2.23. The predicted octanol–water partition coefficient (Wildman–Crippen LogP) is 17.1. The number of aromatic nitrogens is 2. The monoisotopic (exact) mass is 1150 g/mol. The van der Waals surface area contributed by atoms with Crippen LogP contribution in [0.2, 0.25) is 0 Å². The van der Waals surface area contributed by atoms with Crippen LogP contribution in [0.25, 0.3) is 111 Å². The fourth-order valence-corrected chi connectivity index (χ4v) is 11.4. The average Bonchev–Trinajstić information content (AvgIpc) is 1.53. The summed E-state index contributed by atoms with van der Waals surface area (Å²) in [7, 11) is 0. The summed E-state index contributed by atoms with van der Waals surface area (Å²) in [6, 6.07) is 61.1. The van der Waals surface area contributed by atoms with E-state index in [1.807, 2.05) is 0 Å². The molecule has 12 rings (SSSR count). The molecule has 410 valence electrons. The van der Waals surface area contributed by atoms with Gasteiger partial charge in [-0.2, -0.15) is 73.7 Å². The SMILES string of the molecule is N#Cc1cc(C#N)cc(-c2ccc3c4ccc(-c5cc(C#N)cc(C#N)c5)cc4n(-c4cc(C#N)cc(-n5c6cc(-c7cc(C#N)cc(C#N)c7)ccc6c6ccc(-c7cc(C#N)cc(C#N)c7)cc65)c4-c4cc(C(F)(F)F)cc(C(F)(F)F)c4)c3c2)c1. The van der Waals surface area contributed by atoms with Gasteiger partial charge >= 0.3 is 12.4 Å². The highest BCUT2D eigenvalue weighted by Gasteiger charge is 2.38. The van der Waals surface area contributed by atoms with Crippen LogP contribution < -0.4 is 0 Å². The Bertz CT molecular complexity index is 4780. The maximum atomic E-state index is 15.4. The number of nitriles is 9. The van der Waals surface area contributed by atoms with E-state index in [0.717, 1.165) is 0 Å². The molecule has 0 spiro atoms. The number of nitrogens with zero attached hydrogens (tertiary/aromatic N) is 11. The Labute approximate surface area is 495 Å². The van der Waals surface area contributed by atoms with Gasteiger partial charge < -0.3 is 9.13 Å². The van der Waals surface area contributed by atoms with Crippen molar-refractivity contribution in [3.05, 3.63) is 237 Å². The number of hydrogen-bond acceptors (Lipinski definition) is 9. The molecule has 0 aliphatic rings. The van der Waals surface area contributed by atoms with Gasteiger partial charge in [-0.3, -0.25) is 0 Å². The number of rotatable bonds is 7. The maximum absolute atomic E-state index is 15.4. The van der Waals surface area contributed by atoms with Gasteiger partial charge in [-0.25, -0.2) is 0 Å². The Hall–Kier alpha value is -13.2. The number of halogens is 6. The fraction of sp³-hybridized carbons (Fsp3) is 0.0282. The fourth-order valence-electron chi connectivity index (χ4n) is 11.4. The van der Waals surface area contributed by atoms with E-state index in [1.54, 1.807) is 130 Å². The minimum atomic E-state index is -5.36. The van der Waals surface area contributed by atoms with Crippen molar-refractivity contribution >= 4 is 43.6 Å². The van der Waals surface area contributed by atoms with E-state index in [0.29, 0.717) is 78.2 Å². The first-order valence-corrected chi connectivity index (χ1v) is 26.3. The Morgan fingerprint density at radius 1 is 0.239 bits per heavy atom. The van der Waals surface area contributed by atoms with E-state index < -0.39 is 29.0 Å². The van der Waals surface area contributed by atoms with Crippen LogP contribution in [-0.4, -0.2) is 9.13 Å². The summed E-state index contributed by atoms with van der Waals surface area (Å²) >= 11 is 0. The Morgan fingerprint density at radius 2 is 0.466 bits per heavy atom. The smallest absolute Gasteiger partial charge is 0.308 e. The highest BCUT2D eigenvalue weighted by Crippen LogP contribution is 2.48. The largest absolute Gasteiger partial charge is 0.416 e. The third-order valence-electron chi connectivity index (χ3n) is 15.2. The molecule has 2 heterocycles. The Balaban J connectivity index is 1.31. The van der Waals surface area contributed by atoms with Gasteiger partial charge in [0.2, 0.25) is 0 Å². The zero-order valence-electron chi connectivity index (χ0n) is 44.9. The van der Waals surface area contributed by atoms with E-state index in [9.17, 15) is 47.4 Å². The summed E-state index contributed by atoms with van der Waals surface area (Å²) in [5.41, 5.74) is 0.911. The average molecular weight is 1150 g/mol. The molecule has 0 saturated heterocycles. The quantitative estimate of drug-likeness (QED) is 0.138. The highest BCUT2D eigenvalue weighted by molar-refractivity contribution is 6.14. The number of fused-ring (bicyclic) bond motifs is 6. The molecule has 0 bridgehead atoms. The van der Waals surface area contributed by atoms with Crippen LogP contribution in [0.1, 0.15) is 61.2 Å². The van der Waals surface area contributed by atoms with Crippen LogP contribution in [0.15, 0.2) is 176 Å². The lowest BCUT2D eigenvalue weighted by molar-refractivity contribution is -0.143. The first-order chi connectivity index (χ1) is 42.4. The van der Waals surface area contributed by atoms with Crippen molar-refractivity contribution in [3.63, 3.8) is 0 Å². The molecule has 10 aromatic carbocycles. The molecule has 88 heavy (non-hydrogen) atoms. The molecule has 17 heteroatoms. The molecule has 0 N–H and O–H groups in total. The number of alkyl halides is 6. The van der Waals surface area contributed by atoms with Crippen LogP contribution in [0.5, 0.6) is 0 Å². The molecular formula is C71H29F6N11. The van der Waals surface area contributed by atoms with Crippen LogP contribution in [0, 0.1) is 102 Å². The van der Waals surface area contributed by atoms with E-state index in [-0.39, 0.29) is 95.1 Å². The van der Waals surface area contributed by atoms with Crippen molar-refractivity contribution < 1.29 is 26.3 Å². The minimum Gasteiger partial charge on any atom is -0.308 e. The van der Waals surface area contributed by atoms with Crippen molar-refractivity contribution in [3.8, 4) is 122 Å². The Kier molecular flexibility index (Phi) is 13.3. The van der Waals surface area contributed by atoms with Gasteiger partial charge in [0.15, 0.2) is 0 Å². The Morgan fingerprint density at radius 3 is 0.682 bits per heavy atom. The van der Waals surface area contributed by atoms with Gasteiger partial charge in [0, 0.05) is 27.1 Å². The summed E-state index contributed by atoms with van der Waals surface area (Å²) in [5, 5.41) is 93.7. The second-order valence-corrected chi connectivity index (χ2v) is 20.5. The molecule has 12 aromatic rings. The molecule has 0 atom stereocenters. The van der Waals surface area contributed by atoms with Crippen molar-refractivity contribution in [2.75, 3.05) is 0 Å². The first-order valence-electron chi connectivity index (χ1n) is 26.3. The second kappa shape index (κ2) is 21.2. The summed E-state index contributed by atoms with van der Waals surface area (Å²) in [5.74, 6) is 0. The summed E-state index contributed by atoms with van der Waals surface area (Å²) in [6.07, 6.45) is -10.7. The zero-order valence-corrected chi connectivity index (χ0v) is 44.9. The zero-order chi connectivity index (χ0) is 61.9.